The van der Waals surface area contributed by atoms with Crippen LogP contribution in [0.15, 0.2) is 65.2 Å². The van der Waals surface area contributed by atoms with Gasteiger partial charge in [0, 0.05) is 23.2 Å². The van der Waals surface area contributed by atoms with Crippen LogP contribution < -0.4 is 5.32 Å². The highest BCUT2D eigenvalue weighted by atomic mass is 35.5. The summed E-state index contributed by atoms with van der Waals surface area (Å²) in [5, 5.41) is 11.4. The number of aromatic amines is 1. The molecule has 162 valence electrons. The summed E-state index contributed by atoms with van der Waals surface area (Å²) < 4.78 is 25.6. The number of rotatable bonds is 9. The average molecular weight is 478 g/mol. The molecular weight excluding hydrogens is 458 g/mol. The maximum atomic E-state index is 12.3. The van der Waals surface area contributed by atoms with Crippen molar-refractivity contribution < 1.29 is 13.2 Å². The molecule has 3 aromatic rings. The first-order valence-electron chi connectivity index (χ1n) is 9.11. The number of nitrogens with one attached hydrogen (secondary N) is 2. The van der Waals surface area contributed by atoms with Gasteiger partial charge in [-0.3, -0.25) is 10.1 Å². The van der Waals surface area contributed by atoms with Gasteiger partial charge in [-0.15, -0.1) is 5.10 Å². The van der Waals surface area contributed by atoms with Gasteiger partial charge in [-0.1, -0.05) is 65.8 Å². The van der Waals surface area contributed by atoms with Crippen LogP contribution in [0.5, 0.6) is 0 Å². The lowest BCUT2D eigenvalue weighted by molar-refractivity contribution is -0.116. The number of halogens is 1. The molecule has 1 aromatic heterocycles. The normalized spacial score (nSPS) is 11.8. The van der Waals surface area contributed by atoms with Gasteiger partial charge < -0.3 is 0 Å². The van der Waals surface area contributed by atoms with Crippen molar-refractivity contribution in [2.24, 2.45) is 0 Å². The van der Waals surface area contributed by atoms with Gasteiger partial charge in [0.1, 0.15) is 0 Å². The van der Waals surface area contributed by atoms with Crippen LogP contribution in [0.25, 0.3) is 6.08 Å². The maximum absolute atomic E-state index is 12.3. The van der Waals surface area contributed by atoms with Crippen molar-refractivity contribution >= 4 is 51.3 Å². The third kappa shape index (κ3) is 7.21. The molecule has 0 fully saturated rings. The lowest BCUT2D eigenvalue weighted by Crippen LogP contribution is -2.34. The summed E-state index contributed by atoms with van der Waals surface area (Å²) in [7, 11) is -2.42. The number of benzene rings is 2. The molecule has 0 aliphatic rings. The van der Waals surface area contributed by atoms with Crippen LogP contribution in [-0.4, -0.2) is 47.4 Å². The highest BCUT2D eigenvalue weighted by Crippen LogP contribution is 2.21. The number of hydrogen-bond donors (Lipinski definition) is 2. The minimum atomic E-state index is -3.75. The SMILES string of the molecule is CN(CC(=O)Nc1nc(SCc2ccc(Cl)cc2)n[nH]1)S(=O)(=O)/C=C/c1ccccc1. The summed E-state index contributed by atoms with van der Waals surface area (Å²) in [5.41, 5.74) is 1.80. The number of anilines is 1. The largest absolute Gasteiger partial charge is 0.294 e. The third-order valence-corrected chi connectivity index (χ3v) is 6.69. The lowest BCUT2D eigenvalue weighted by Gasteiger charge is -2.13. The van der Waals surface area contributed by atoms with Crippen LogP contribution in [0, 0.1) is 0 Å². The molecule has 11 heteroatoms. The Morgan fingerprint density at radius 2 is 1.90 bits per heavy atom. The highest BCUT2D eigenvalue weighted by Gasteiger charge is 2.18. The fourth-order valence-corrected chi connectivity index (χ4v) is 4.11. The topological polar surface area (TPSA) is 108 Å². The van der Waals surface area contributed by atoms with E-state index in [0.717, 1.165) is 20.8 Å². The molecule has 2 aromatic carbocycles. The van der Waals surface area contributed by atoms with Gasteiger partial charge in [0.15, 0.2) is 0 Å². The van der Waals surface area contributed by atoms with Gasteiger partial charge >= 0.3 is 0 Å². The standard InChI is InChI=1S/C20H20ClN5O3S2/c1-26(31(28,29)12-11-15-5-3-2-4-6-15)13-18(27)22-19-23-20(25-24-19)30-14-16-7-9-17(21)10-8-16/h2-12H,13-14H2,1H3,(H2,22,23,24,25,27)/b12-11+. The van der Waals surface area contributed by atoms with Gasteiger partial charge in [0.2, 0.25) is 27.0 Å². The minimum absolute atomic E-state index is 0.147. The number of hydrogen-bond acceptors (Lipinski definition) is 6. The van der Waals surface area contributed by atoms with E-state index in [-0.39, 0.29) is 12.5 Å². The molecular formula is C20H20ClN5O3S2. The lowest BCUT2D eigenvalue weighted by atomic mass is 10.2. The fourth-order valence-electron chi connectivity index (χ4n) is 2.39. The van der Waals surface area contributed by atoms with Gasteiger partial charge in [-0.2, -0.15) is 9.29 Å². The molecule has 0 saturated heterocycles. The monoisotopic (exact) mass is 477 g/mol. The van der Waals surface area contributed by atoms with E-state index >= 15 is 0 Å². The number of sulfonamides is 1. The molecule has 0 spiro atoms. The Labute approximate surface area is 189 Å². The maximum Gasteiger partial charge on any atom is 0.242 e. The summed E-state index contributed by atoms with van der Waals surface area (Å²) in [6.07, 6.45) is 1.48. The Kier molecular flexibility index (Phi) is 7.85. The van der Waals surface area contributed by atoms with E-state index in [1.165, 1.54) is 24.9 Å². The molecule has 0 saturated carbocycles. The molecule has 1 amide bonds. The highest BCUT2D eigenvalue weighted by molar-refractivity contribution is 7.98. The number of aromatic nitrogens is 3. The van der Waals surface area contributed by atoms with Gasteiger partial charge in [0.05, 0.1) is 6.54 Å². The number of carbonyl (C=O) groups is 1. The predicted molar refractivity (Wildman–Crippen MR) is 123 cm³/mol. The Bertz CT molecular complexity index is 1150. The molecule has 0 unspecified atom stereocenters. The number of H-pyrrole nitrogens is 1. The van der Waals surface area contributed by atoms with E-state index in [1.807, 2.05) is 30.3 Å². The molecule has 1 heterocycles. The first-order valence-corrected chi connectivity index (χ1v) is 12.0. The minimum Gasteiger partial charge on any atom is -0.294 e. The Morgan fingerprint density at radius 1 is 1.19 bits per heavy atom. The van der Waals surface area contributed by atoms with Crippen molar-refractivity contribution in [3.63, 3.8) is 0 Å². The summed E-state index contributed by atoms with van der Waals surface area (Å²) >= 11 is 7.26. The molecule has 8 nitrogen and oxygen atoms in total. The average Bonchev–Trinajstić information content (AvgIpc) is 3.19. The Morgan fingerprint density at radius 3 is 2.61 bits per heavy atom. The van der Waals surface area contributed by atoms with Gasteiger partial charge in [-0.05, 0) is 29.3 Å². The van der Waals surface area contributed by atoms with Gasteiger partial charge in [0.25, 0.3) is 0 Å². The summed E-state index contributed by atoms with van der Waals surface area (Å²) in [6.45, 7) is -0.366. The summed E-state index contributed by atoms with van der Waals surface area (Å²) in [6, 6.07) is 16.5. The number of likely N-dealkylation sites (N-methyl/N-ethyl adjacent to an activating group) is 1. The molecule has 31 heavy (non-hydrogen) atoms. The molecule has 0 aliphatic heterocycles. The summed E-state index contributed by atoms with van der Waals surface area (Å²) in [5.74, 6) is 0.246. The Balaban J connectivity index is 1.50. The van der Waals surface area contributed by atoms with Crippen LogP contribution in [0.3, 0.4) is 0 Å². The predicted octanol–water partition coefficient (Wildman–Crippen LogP) is 3.62. The van der Waals surface area contributed by atoms with E-state index in [4.69, 9.17) is 11.6 Å². The van der Waals surface area contributed by atoms with Crippen LogP contribution in [-0.2, 0) is 20.6 Å². The number of nitrogens with zero attached hydrogens (tertiary/aromatic N) is 3. The van der Waals surface area contributed by atoms with Crippen LogP contribution in [0.1, 0.15) is 11.1 Å². The van der Waals surface area contributed by atoms with Crippen molar-refractivity contribution in [2.45, 2.75) is 10.9 Å². The second kappa shape index (κ2) is 10.6. The molecule has 0 bridgehead atoms. The van der Waals surface area contributed by atoms with Crippen LogP contribution in [0.4, 0.5) is 5.95 Å². The molecule has 0 atom stereocenters. The van der Waals surface area contributed by atoms with Crippen molar-refractivity contribution in [3.05, 3.63) is 76.2 Å². The van der Waals surface area contributed by atoms with E-state index in [2.05, 4.69) is 20.5 Å². The van der Waals surface area contributed by atoms with Crippen molar-refractivity contribution in [1.29, 1.82) is 0 Å². The van der Waals surface area contributed by atoms with E-state index in [9.17, 15) is 13.2 Å². The summed E-state index contributed by atoms with van der Waals surface area (Å²) in [4.78, 5) is 16.4. The first-order chi connectivity index (χ1) is 14.8. The van der Waals surface area contributed by atoms with Crippen molar-refractivity contribution in [1.82, 2.24) is 19.5 Å². The van der Waals surface area contributed by atoms with Crippen molar-refractivity contribution in [2.75, 3.05) is 18.9 Å². The van der Waals surface area contributed by atoms with E-state index in [0.29, 0.717) is 15.9 Å². The Hall–Kier alpha value is -2.66. The third-order valence-electron chi connectivity index (χ3n) is 4.04. The fraction of sp³-hybridized carbons (Fsp3) is 0.150. The van der Waals surface area contributed by atoms with Crippen LogP contribution >= 0.6 is 23.4 Å². The second-order valence-corrected chi connectivity index (χ2v) is 9.75. The zero-order valence-corrected chi connectivity index (χ0v) is 18.9. The molecule has 0 aliphatic carbocycles. The number of carbonyl (C=O) groups excluding carboxylic acids is 1. The second-order valence-electron chi connectivity index (χ2n) is 6.44. The number of thioether (sulfide) groups is 1. The van der Waals surface area contributed by atoms with Crippen LogP contribution in [0.2, 0.25) is 5.02 Å². The van der Waals surface area contributed by atoms with Gasteiger partial charge in [-0.25, -0.2) is 13.5 Å². The van der Waals surface area contributed by atoms with E-state index in [1.54, 1.807) is 24.3 Å². The zero-order valence-electron chi connectivity index (χ0n) is 16.5. The molecule has 3 rings (SSSR count). The quantitative estimate of drug-likeness (QED) is 0.456. The number of amides is 1. The molecule has 2 N–H and O–H groups in total. The molecule has 0 radical (unpaired) electrons. The smallest absolute Gasteiger partial charge is 0.242 e. The zero-order chi connectivity index (χ0) is 22.3. The first kappa shape index (κ1) is 23.0. The van der Waals surface area contributed by atoms with E-state index < -0.39 is 15.9 Å². The van der Waals surface area contributed by atoms with Crippen molar-refractivity contribution in [3.8, 4) is 0 Å².